The van der Waals surface area contributed by atoms with Gasteiger partial charge in [-0.15, -0.1) is 0 Å². The Morgan fingerprint density at radius 3 is 2.69 bits per heavy atom. The first-order valence-electron chi connectivity index (χ1n) is 6.25. The summed E-state index contributed by atoms with van der Waals surface area (Å²) in [5.74, 6) is -0.101. The average molecular weight is 227 g/mol. The highest BCUT2D eigenvalue weighted by Gasteiger charge is 2.26. The van der Waals surface area contributed by atoms with Crippen molar-refractivity contribution < 1.29 is 9.53 Å². The summed E-state index contributed by atoms with van der Waals surface area (Å²) >= 11 is 0. The van der Waals surface area contributed by atoms with E-state index in [0.717, 1.165) is 13.1 Å². The molecule has 94 valence electrons. The predicted octanol–water partition coefficient (Wildman–Crippen LogP) is 2.45. The summed E-state index contributed by atoms with van der Waals surface area (Å²) in [6, 6.07) is 0.307. The van der Waals surface area contributed by atoms with Gasteiger partial charge in [-0.1, -0.05) is 13.8 Å². The SMILES string of the molecule is COC(=O)CC(C)N1CCCC(C)(C)CC1. The van der Waals surface area contributed by atoms with Gasteiger partial charge in [0.2, 0.25) is 0 Å². The summed E-state index contributed by atoms with van der Waals surface area (Å²) < 4.78 is 4.72. The van der Waals surface area contributed by atoms with Crippen LogP contribution in [0, 0.1) is 5.41 Å². The summed E-state index contributed by atoms with van der Waals surface area (Å²) in [5.41, 5.74) is 0.458. The number of likely N-dealkylation sites (tertiary alicyclic amines) is 1. The first-order chi connectivity index (χ1) is 7.44. The normalized spacial score (nSPS) is 23.5. The third-order valence-electron chi connectivity index (χ3n) is 3.69. The van der Waals surface area contributed by atoms with E-state index in [1.54, 1.807) is 0 Å². The molecule has 0 aliphatic carbocycles. The molecule has 0 radical (unpaired) electrons. The molecule has 1 rings (SSSR count). The first kappa shape index (κ1) is 13.5. The molecule has 0 bridgehead atoms. The van der Waals surface area contributed by atoms with Crippen LogP contribution < -0.4 is 0 Å². The maximum absolute atomic E-state index is 11.2. The molecule has 0 aromatic rings. The van der Waals surface area contributed by atoms with Crippen LogP contribution in [0.25, 0.3) is 0 Å². The number of esters is 1. The van der Waals surface area contributed by atoms with Crippen LogP contribution in [0.4, 0.5) is 0 Å². The summed E-state index contributed by atoms with van der Waals surface area (Å²) in [5, 5.41) is 0. The summed E-state index contributed by atoms with van der Waals surface area (Å²) in [6.07, 6.45) is 4.25. The predicted molar refractivity (Wildman–Crippen MR) is 65.3 cm³/mol. The van der Waals surface area contributed by atoms with Crippen molar-refractivity contribution >= 4 is 5.97 Å². The minimum atomic E-state index is -0.101. The van der Waals surface area contributed by atoms with Crippen molar-refractivity contribution in [3.63, 3.8) is 0 Å². The molecule has 0 spiro atoms. The molecular weight excluding hydrogens is 202 g/mol. The Kier molecular flexibility index (Phi) is 4.78. The molecular formula is C13H25NO2. The van der Waals surface area contributed by atoms with Crippen molar-refractivity contribution in [2.24, 2.45) is 5.41 Å². The van der Waals surface area contributed by atoms with Crippen molar-refractivity contribution in [2.45, 2.75) is 52.5 Å². The van der Waals surface area contributed by atoms with Crippen LogP contribution in [0.2, 0.25) is 0 Å². The van der Waals surface area contributed by atoms with Crippen molar-refractivity contribution in [1.82, 2.24) is 4.90 Å². The van der Waals surface area contributed by atoms with Crippen LogP contribution in [0.5, 0.6) is 0 Å². The van der Waals surface area contributed by atoms with E-state index in [9.17, 15) is 4.79 Å². The highest BCUT2D eigenvalue weighted by Crippen LogP contribution is 2.30. The van der Waals surface area contributed by atoms with E-state index in [4.69, 9.17) is 4.74 Å². The lowest BCUT2D eigenvalue weighted by Crippen LogP contribution is -2.36. The average Bonchev–Trinajstić information content (AvgIpc) is 2.39. The van der Waals surface area contributed by atoms with Gasteiger partial charge in [-0.05, 0) is 44.7 Å². The van der Waals surface area contributed by atoms with Crippen LogP contribution in [0.3, 0.4) is 0 Å². The highest BCUT2D eigenvalue weighted by atomic mass is 16.5. The van der Waals surface area contributed by atoms with Crippen molar-refractivity contribution in [3.05, 3.63) is 0 Å². The molecule has 0 amide bonds. The van der Waals surface area contributed by atoms with Crippen molar-refractivity contribution in [3.8, 4) is 0 Å². The van der Waals surface area contributed by atoms with Gasteiger partial charge in [-0.25, -0.2) is 0 Å². The van der Waals surface area contributed by atoms with Crippen molar-refractivity contribution in [1.29, 1.82) is 0 Å². The zero-order valence-corrected chi connectivity index (χ0v) is 11.1. The lowest BCUT2D eigenvalue weighted by atomic mass is 9.85. The number of nitrogens with zero attached hydrogens (tertiary/aromatic N) is 1. The zero-order chi connectivity index (χ0) is 12.2. The van der Waals surface area contributed by atoms with E-state index in [1.165, 1.54) is 26.4 Å². The van der Waals surface area contributed by atoms with E-state index >= 15 is 0 Å². The lowest BCUT2D eigenvalue weighted by molar-refractivity contribution is -0.141. The number of hydrogen-bond donors (Lipinski definition) is 0. The Hall–Kier alpha value is -0.570. The molecule has 0 saturated carbocycles. The molecule has 1 heterocycles. The molecule has 16 heavy (non-hydrogen) atoms. The first-order valence-corrected chi connectivity index (χ1v) is 6.25. The van der Waals surface area contributed by atoms with Gasteiger partial charge in [0.25, 0.3) is 0 Å². The van der Waals surface area contributed by atoms with Gasteiger partial charge < -0.3 is 9.64 Å². The highest BCUT2D eigenvalue weighted by molar-refractivity contribution is 5.69. The molecule has 3 nitrogen and oxygen atoms in total. The summed E-state index contributed by atoms with van der Waals surface area (Å²) in [6.45, 7) is 9.00. The van der Waals surface area contributed by atoms with Crippen LogP contribution in [0.1, 0.15) is 46.5 Å². The third-order valence-corrected chi connectivity index (χ3v) is 3.69. The monoisotopic (exact) mass is 227 g/mol. The molecule has 0 aromatic heterocycles. The van der Waals surface area contributed by atoms with Gasteiger partial charge in [0.15, 0.2) is 0 Å². The standard InChI is InChI=1S/C13H25NO2/c1-11(10-12(15)16-4)14-8-5-6-13(2,3)7-9-14/h11H,5-10H2,1-4H3. The zero-order valence-electron chi connectivity index (χ0n) is 11.1. The minimum absolute atomic E-state index is 0.101. The fourth-order valence-corrected chi connectivity index (χ4v) is 2.34. The van der Waals surface area contributed by atoms with Crippen LogP contribution >= 0.6 is 0 Å². The Balaban J connectivity index is 2.45. The second-order valence-corrected chi connectivity index (χ2v) is 5.68. The Morgan fingerprint density at radius 1 is 1.38 bits per heavy atom. The molecule has 0 aromatic carbocycles. The Bertz CT molecular complexity index is 238. The second kappa shape index (κ2) is 5.67. The maximum Gasteiger partial charge on any atom is 0.307 e. The largest absolute Gasteiger partial charge is 0.469 e. The smallest absolute Gasteiger partial charge is 0.307 e. The Morgan fingerprint density at radius 2 is 2.06 bits per heavy atom. The van der Waals surface area contributed by atoms with Gasteiger partial charge >= 0.3 is 5.97 Å². The number of rotatable bonds is 3. The van der Waals surface area contributed by atoms with Gasteiger partial charge in [-0.3, -0.25) is 4.79 Å². The quantitative estimate of drug-likeness (QED) is 0.694. The molecule has 1 unspecified atom stereocenters. The number of hydrogen-bond acceptors (Lipinski definition) is 3. The van der Waals surface area contributed by atoms with Crippen molar-refractivity contribution in [2.75, 3.05) is 20.2 Å². The molecule has 1 atom stereocenters. The van der Waals surface area contributed by atoms with E-state index in [1.807, 2.05) is 0 Å². The number of ether oxygens (including phenoxy) is 1. The fourth-order valence-electron chi connectivity index (χ4n) is 2.34. The van der Waals surface area contributed by atoms with Gasteiger partial charge in [0.1, 0.15) is 0 Å². The number of carbonyl (C=O) groups is 1. The molecule has 1 aliphatic rings. The van der Waals surface area contributed by atoms with Gasteiger partial charge in [0.05, 0.1) is 13.5 Å². The van der Waals surface area contributed by atoms with E-state index < -0.39 is 0 Å². The lowest BCUT2D eigenvalue weighted by Gasteiger charge is -2.27. The number of methoxy groups -OCH3 is 1. The van der Waals surface area contributed by atoms with E-state index in [2.05, 4.69) is 25.7 Å². The van der Waals surface area contributed by atoms with Crippen LogP contribution in [0.15, 0.2) is 0 Å². The second-order valence-electron chi connectivity index (χ2n) is 5.68. The summed E-state index contributed by atoms with van der Waals surface area (Å²) in [4.78, 5) is 13.7. The number of carbonyl (C=O) groups excluding carboxylic acids is 1. The molecule has 1 aliphatic heterocycles. The summed E-state index contributed by atoms with van der Waals surface area (Å²) in [7, 11) is 1.46. The topological polar surface area (TPSA) is 29.5 Å². The van der Waals surface area contributed by atoms with E-state index in [0.29, 0.717) is 17.9 Å². The minimum Gasteiger partial charge on any atom is -0.469 e. The van der Waals surface area contributed by atoms with Gasteiger partial charge in [0, 0.05) is 6.04 Å². The fraction of sp³-hybridized carbons (Fsp3) is 0.923. The molecule has 1 saturated heterocycles. The van der Waals surface area contributed by atoms with Gasteiger partial charge in [-0.2, -0.15) is 0 Å². The third kappa shape index (κ3) is 4.12. The molecule has 0 N–H and O–H groups in total. The van der Waals surface area contributed by atoms with E-state index in [-0.39, 0.29) is 5.97 Å². The molecule has 3 heteroatoms. The van der Waals surface area contributed by atoms with Crippen LogP contribution in [-0.4, -0.2) is 37.1 Å². The molecule has 1 fully saturated rings. The Labute approximate surface area is 99.1 Å². The maximum atomic E-state index is 11.2. The van der Waals surface area contributed by atoms with Crippen LogP contribution in [-0.2, 0) is 9.53 Å².